The average Bonchev–Trinajstić information content (AvgIpc) is 3.40. The van der Waals surface area contributed by atoms with Gasteiger partial charge in [-0.2, -0.15) is 0 Å². The Hall–Kier alpha value is -3.51. The number of rotatable bonds is 8. The van der Waals surface area contributed by atoms with Crippen LogP contribution >= 0.6 is 0 Å². The van der Waals surface area contributed by atoms with Crippen molar-refractivity contribution >= 4 is 11.8 Å². The number of pyridine rings is 1. The van der Waals surface area contributed by atoms with E-state index in [9.17, 15) is 14.7 Å². The third kappa shape index (κ3) is 5.51. The highest BCUT2D eigenvalue weighted by atomic mass is 16.3. The number of aliphatic hydroxyl groups is 1. The van der Waals surface area contributed by atoms with Crippen molar-refractivity contribution < 1.29 is 14.7 Å². The van der Waals surface area contributed by atoms with Crippen LogP contribution in [0.25, 0.3) is 11.1 Å². The monoisotopic (exact) mass is 457 g/mol. The van der Waals surface area contributed by atoms with Gasteiger partial charge in [0.25, 0.3) is 11.8 Å². The van der Waals surface area contributed by atoms with E-state index in [0.29, 0.717) is 23.1 Å². The summed E-state index contributed by atoms with van der Waals surface area (Å²) in [4.78, 5) is 29.9. The predicted molar refractivity (Wildman–Crippen MR) is 133 cm³/mol. The molecule has 1 fully saturated rings. The van der Waals surface area contributed by atoms with Crippen LogP contribution in [0.4, 0.5) is 0 Å². The lowest BCUT2D eigenvalue weighted by atomic mass is 9.97. The summed E-state index contributed by atoms with van der Waals surface area (Å²) in [5.74, 6) is -0.366. The van der Waals surface area contributed by atoms with Crippen molar-refractivity contribution in [1.82, 2.24) is 15.6 Å². The standard InChI is InChI=1S/C28H31N3O3/c1-2-19-16-21(20-12-14-29-15-13-20)10-11-25(19)28(34)31-26(18-32)22-6-5-7-23(17-22)27(33)30-24-8-3-4-9-24/h5-7,10-17,24,26,32H,2-4,8-9,18H2,1H3,(H,30,33)(H,31,34)/t26-/m1/s1. The number of hydrogen-bond donors (Lipinski definition) is 3. The van der Waals surface area contributed by atoms with E-state index >= 15 is 0 Å². The molecule has 2 amide bonds. The topological polar surface area (TPSA) is 91.3 Å². The molecule has 0 spiro atoms. The lowest BCUT2D eigenvalue weighted by molar-refractivity contribution is 0.0914. The number of carbonyl (C=O) groups is 2. The molecule has 0 radical (unpaired) electrons. The molecular formula is C28H31N3O3. The van der Waals surface area contributed by atoms with Crippen molar-refractivity contribution in [3.8, 4) is 11.1 Å². The number of aromatic nitrogens is 1. The molecule has 0 bridgehead atoms. The molecule has 0 aliphatic heterocycles. The molecule has 3 N–H and O–H groups in total. The molecule has 1 heterocycles. The fraction of sp³-hybridized carbons (Fsp3) is 0.321. The molecule has 6 nitrogen and oxygen atoms in total. The first-order valence-electron chi connectivity index (χ1n) is 11.9. The maximum absolute atomic E-state index is 13.2. The molecule has 34 heavy (non-hydrogen) atoms. The first-order valence-corrected chi connectivity index (χ1v) is 11.9. The number of amides is 2. The van der Waals surface area contributed by atoms with Crippen LogP contribution in [0.3, 0.4) is 0 Å². The van der Waals surface area contributed by atoms with Crippen LogP contribution in [0.2, 0.25) is 0 Å². The first kappa shape index (κ1) is 23.6. The zero-order chi connectivity index (χ0) is 23.9. The SMILES string of the molecule is CCc1cc(-c2ccncc2)ccc1C(=O)N[C@H](CO)c1cccc(C(=O)NC2CCCC2)c1. The Morgan fingerprint density at radius 3 is 2.47 bits per heavy atom. The van der Waals surface area contributed by atoms with Gasteiger partial charge in [-0.1, -0.05) is 44.0 Å². The van der Waals surface area contributed by atoms with E-state index in [0.717, 1.165) is 42.4 Å². The van der Waals surface area contributed by atoms with Gasteiger partial charge in [0.05, 0.1) is 12.6 Å². The second-order valence-electron chi connectivity index (χ2n) is 8.75. The van der Waals surface area contributed by atoms with E-state index in [2.05, 4.69) is 15.6 Å². The second kappa shape index (κ2) is 11.1. The van der Waals surface area contributed by atoms with E-state index in [1.54, 1.807) is 30.6 Å². The van der Waals surface area contributed by atoms with E-state index < -0.39 is 6.04 Å². The van der Waals surface area contributed by atoms with Gasteiger partial charge >= 0.3 is 0 Å². The summed E-state index contributed by atoms with van der Waals surface area (Å²) in [6, 6.07) is 16.4. The van der Waals surface area contributed by atoms with E-state index in [1.165, 1.54) is 0 Å². The summed E-state index contributed by atoms with van der Waals surface area (Å²) < 4.78 is 0. The van der Waals surface area contributed by atoms with Gasteiger partial charge in [-0.3, -0.25) is 14.6 Å². The van der Waals surface area contributed by atoms with Crippen LogP contribution in [0.15, 0.2) is 67.0 Å². The lowest BCUT2D eigenvalue weighted by Gasteiger charge is -2.19. The number of carbonyl (C=O) groups excluding carboxylic acids is 2. The van der Waals surface area contributed by atoms with Crippen LogP contribution in [0.1, 0.15) is 70.5 Å². The van der Waals surface area contributed by atoms with Gasteiger partial charge < -0.3 is 15.7 Å². The normalized spacial score (nSPS) is 14.5. The van der Waals surface area contributed by atoms with Crippen molar-refractivity contribution in [2.45, 2.75) is 51.1 Å². The third-order valence-corrected chi connectivity index (χ3v) is 6.47. The lowest BCUT2D eigenvalue weighted by Crippen LogP contribution is -2.33. The summed E-state index contributed by atoms with van der Waals surface area (Å²) in [6.07, 6.45) is 8.51. The number of aryl methyl sites for hydroxylation is 1. The smallest absolute Gasteiger partial charge is 0.252 e. The highest BCUT2D eigenvalue weighted by Crippen LogP contribution is 2.24. The molecule has 1 atom stereocenters. The van der Waals surface area contributed by atoms with Crippen molar-refractivity contribution in [3.63, 3.8) is 0 Å². The van der Waals surface area contributed by atoms with Gasteiger partial charge in [0.1, 0.15) is 0 Å². The molecule has 0 unspecified atom stereocenters. The van der Waals surface area contributed by atoms with Crippen molar-refractivity contribution in [1.29, 1.82) is 0 Å². The van der Waals surface area contributed by atoms with Crippen LogP contribution < -0.4 is 10.6 Å². The largest absolute Gasteiger partial charge is 0.394 e. The average molecular weight is 458 g/mol. The zero-order valence-corrected chi connectivity index (χ0v) is 19.5. The minimum absolute atomic E-state index is 0.114. The molecule has 0 saturated heterocycles. The first-order chi connectivity index (χ1) is 16.6. The van der Waals surface area contributed by atoms with Gasteiger partial charge in [-0.25, -0.2) is 0 Å². The second-order valence-corrected chi connectivity index (χ2v) is 8.75. The number of benzene rings is 2. The maximum atomic E-state index is 13.2. The molecule has 1 aromatic heterocycles. The Kier molecular flexibility index (Phi) is 7.70. The summed E-state index contributed by atoms with van der Waals surface area (Å²) in [5, 5.41) is 16.1. The quantitative estimate of drug-likeness (QED) is 0.466. The maximum Gasteiger partial charge on any atom is 0.252 e. The van der Waals surface area contributed by atoms with Gasteiger partial charge in [0.15, 0.2) is 0 Å². The Morgan fingerprint density at radius 2 is 1.76 bits per heavy atom. The molecule has 1 aliphatic carbocycles. The molecule has 4 rings (SSSR count). The van der Waals surface area contributed by atoms with E-state index in [-0.39, 0.29) is 24.5 Å². The molecule has 2 aromatic carbocycles. The highest BCUT2D eigenvalue weighted by Gasteiger charge is 2.21. The fourth-order valence-corrected chi connectivity index (χ4v) is 4.54. The molecular weight excluding hydrogens is 426 g/mol. The fourth-order valence-electron chi connectivity index (χ4n) is 4.54. The molecule has 176 valence electrons. The minimum atomic E-state index is -0.615. The number of nitrogens with zero attached hydrogens (tertiary/aromatic N) is 1. The van der Waals surface area contributed by atoms with Gasteiger partial charge in [0.2, 0.25) is 0 Å². The van der Waals surface area contributed by atoms with Crippen molar-refractivity contribution in [3.05, 3.63) is 89.2 Å². The Morgan fingerprint density at radius 1 is 1.00 bits per heavy atom. The number of nitrogens with one attached hydrogen (secondary N) is 2. The summed E-state index contributed by atoms with van der Waals surface area (Å²) in [5.41, 5.74) is 4.80. The van der Waals surface area contributed by atoms with Crippen LogP contribution in [0, 0.1) is 0 Å². The van der Waals surface area contributed by atoms with E-state index in [1.807, 2.05) is 43.3 Å². The van der Waals surface area contributed by atoms with Crippen molar-refractivity contribution in [2.24, 2.45) is 0 Å². The molecule has 3 aromatic rings. The summed E-state index contributed by atoms with van der Waals surface area (Å²) in [6.45, 7) is 1.74. The zero-order valence-electron chi connectivity index (χ0n) is 19.5. The Bertz CT molecular complexity index is 1140. The van der Waals surface area contributed by atoms with Crippen LogP contribution in [-0.4, -0.2) is 34.6 Å². The molecule has 1 saturated carbocycles. The Labute approximate surface area is 200 Å². The number of hydrogen-bond acceptors (Lipinski definition) is 4. The highest BCUT2D eigenvalue weighted by molar-refractivity contribution is 5.97. The molecule has 6 heteroatoms. The minimum Gasteiger partial charge on any atom is -0.394 e. The summed E-state index contributed by atoms with van der Waals surface area (Å²) in [7, 11) is 0. The summed E-state index contributed by atoms with van der Waals surface area (Å²) >= 11 is 0. The predicted octanol–water partition coefficient (Wildman–Crippen LogP) is 4.45. The van der Waals surface area contributed by atoms with Crippen LogP contribution in [-0.2, 0) is 6.42 Å². The van der Waals surface area contributed by atoms with E-state index in [4.69, 9.17) is 0 Å². The number of aliphatic hydroxyl groups excluding tert-OH is 1. The van der Waals surface area contributed by atoms with Crippen LogP contribution in [0.5, 0.6) is 0 Å². The molecule has 1 aliphatic rings. The third-order valence-electron chi connectivity index (χ3n) is 6.47. The van der Waals surface area contributed by atoms with Gasteiger partial charge in [0, 0.05) is 29.6 Å². The Balaban J connectivity index is 1.50. The van der Waals surface area contributed by atoms with Crippen molar-refractivity contribution in [2.75, 3.05) is 6.61 Å². The van der Waals surface area contributed by atoms with Gasteiger partial charge in [-0.15, -0.1) is 0 Å². The van der Waals surface area contributed by atoms with Gasteiger partial charge in [-0.05, 0) is 71.8 Å².